The van der Waals surface area contributed by atoms with E-state index in [2.05, 4.69) is 22.4 Å². The molecule has 0 amide bonds. The summed E-state index contributed by atoms with van der Waals surface area (Å²) in [6.45, 7) is 4.47. The molecule has 14 heavy (non-hydrogen) atoms. The van der Waals surface area contributed by atoms with Crippen molar-refractivity contribution in [3.05, 3.63) is 22.4 Å². The standard InChI is InChI=1S/C10H16N2OS/c11-6-9-7-12(3-4-13-9)8-10-2-1-5-14-10/h1-2,5,9H,3-4,6-8,11H2/t9-/m0/s1. The van der Waals surface area contributed by atoms with Gasteiger partial charge in [0.05, 0.1) is 12.7 Å². The number of nitrogens with zero attached hydrogens (tertiary/aromatic N) is 1. The Bertz CT molecular complexity index is 263. The second kappa shape index (κ2) is 4.89. The van der Waals surface area contributed by atoms with Crippen molar-refractivity contribution < 1.29 is 4.74 Å². The molecule has 0 radical (unpaired) electrons. The first-order valence-corrected chi connectivity index (χ1v) is 5.83. The van der Waals surface area contributed by atoms with Crippen molar-refractivity contribution in [2.75, 3.05) is 26.2 Å². The van der Waals surface area contributed by atoms with Crippen LogP contribution in [-0.2, 0) is 11.3 Å². The van der Waals surface area contributed by atoms with Crippen LogP contribution in [0.5, 0.6) is 0 Å². The van der Waals surface area contributed by atoms with Gasteiger partial charge in [-0.2, -0.15) is 0 Å². The summed E-state index contributed by atoms with van der Waals surface area (Å²) in [6.07, 6.45) is 0.226. The molecule has 2 rings (SSSR count). The van der Waals surface area contributed by atoms with E-state index < -0.39 is 0 Å². The van der Waals surface area contributed by atoms with E-state index in [0.29, 0.717) is 6.54 Å². The number of thiophene rings is 1. The zero-order chi connectivity index (χ0) is 9.80. The van der Waals surface area contributed by atoms with Gasteiger partial charge in [0, 0.05) is 31.1 Å². The molecular weight excluding hydrogens is 196 g/mol. The predicted octanol–water partition coefficient (Wildman–Crippen LogP) is 0.908. The summed E-state index contributed by atoms with van der Waals surface area (Å²) in [6, 6.07) is 4.28. The number of ether oxygens (including phenoxy) is 1. The van der Waals surface area contributed by atoms with E-state index in [1.807, 2.05) is 11.3 Å². The first kappa shape index (κ1) is 10.1. The molecule has 0 aliphatic carbocycles. The summed E-state index contributed by atoms with van der Waals surface area (Å²) < 4.78 is 5.51. The van der Waals surface area contributed by atoms with Crippen LogP contribution in [0.4, 0.5) is 0 Å². The van der Waals surface area contributed by atoms with Crippen molar-refractivity contribution in [1.82, 2.24) is 4.90 Å². The van der Waals surface area contributed by atoms with E-state index in [0.717, 1.165) is 26.2 Å². The monoisotopic (exact) mass is 212 g/mol. The molecule has 1 aromatic rings. The number of hydrogen-bond donors (Lipinski definition) is 1. The van der Waals surface area contributed by atoms with Gasteiger partial charge in [0.25, 0.3) is 0 Å². The quantitative estimate of drug-likeness (QED) is 0.809. The molecule has 2 heterocycles. The van der Waals surface area contributed by atoms with E-state index >= 15 is 0 Å². The third-order valence-electron chi connectivity index (χ3n) is 2.45. The number of rotatable bonds is 3. The van der Waals surface area contributed by atoms with Gasteiger partial charge in [-0.25, -0.2) is 0 Å². The second-order valence-electron chi connectivity index (χ2n) is 3.54. The Labute approximate surface area is 88.5 Å². The summed E-state index contributed by atoms with van der Waals surface area (Å²) in [5, 5.41) is 2.12. The highest BCUT2D eigenvalue weighted by Crippen LogP contribution is 2.14. The van der Waals surface area contributed by atoms with Crippen LogP contribution in [0.25, 0.3) is 0 Å². The first-order chi connectivity index (χ1) is 6.88. The van der Waals surface area contributed by atoms with Crippen LogP contribution >= 0.6 is 11.3 Å². The van der Waals surface area contributed by atoms with Crippen molar-refractivity contribution in [1.29, 1.82) is 0 Å². The molecule has 0 aromatic carbocycles. The molecule has 1 atom stereocenters. The van der Waals surface area contributed by atoms with Gasteiger partial charge in [0.1, 0.15) is 0 Å². The first-order valence-electron chi connectivity index (χ1n) is 4.95. The largest absolute Gasteiger partial charge is 0.374 e. The van der Waals surface area contributed by atoms with Gasteiger partial charge in [-0.15, -0.1) is 11.3 Å². The van der Waals surface area contributed by atoms with Crippen LogP contribution in [0.1, 0.15) is 4.88 Å². The Hall–Kier alpha value is -0.420. The van der Waals surface area contributed by atoms with Crippen molar-refractivity contribution in [3.63, 3.8) is 0 Å². The lowest BCUT2D eigenvalue weighted by molar-refractivity contribution is -0.0257. The second-order valence-corrected chi connectivity index (χ2v) is 4.58. The molecular formula is C10H16N2OS. The fourth-order valence-electron chi connectivity index (χ4n) is 1.69. The maximum Gasteiger partial charge on any atom is 0.0824 e. The fourth-order valence-corrected chi connectivity index (χ4v) is 2.44. The zero-order valence-corrected chi connectivity index (χ0v) is 9.00. The van der Waals surface area contributed by atoms with Gasteiger partial charge in [-0.05, 0) is 11.4 Å². The minimum atomic E-state index is 0.226. The molecule has 1 fully saturated rings. The Morgan fingerprint density at radius 3 is 3.29 bits per heavy atom. The summed E-state index contributed by atoms with van der Waals surface area (Å²) in [4.78, 5) is 3.83. The Morgan fingerprint density at radius 1 is 1.64 bits per heavy atom. The number of morpholine rings is 1. The topological polar surface area (TPSA) is 38.5 Å². The van der Waals surface area contributed by atoms with Gasteiger partial charge < -0.3 is 10.5 Å². The lowest BCUT2D eigenvalue weighted by Gasteiger charge is -2.31. The molecule has 0 unspecified atom stereocenters. The summed E-state index contributed by atoms with van der Waals surface area (Å²) in [5.41, 5.74) is 5.59. The van der Waals surface area contributed by atoms with Gasteiger partial charge in [-0.3, -0.25) is 4.90 Å². The SMILES string of the molecule is NC[C@H]1CN(Cc2cccs2)CCO1. The molecule has 0 spiro atoms. The normalized spacial score (nSPS) is 23.9. The highest BCUT2D eigenvalue weighted by atomic mass is 32.1. The molecule has 1 saturated heterocycles. The van der Waals surface area contributed by atoms with Crippen LogP contribution in [0.15, 0.2) is 17.5 Å². The number of nitrogens with two attached hydrogens (primary N) is 1. The maximum atomic E-state index is 5.59. The summed E-state index contributed by atoms with van der Waals surface area (Å²) >= 11 is 1.81. The fraction of sp³-hybridized carbons (Fsp3) is 0.600. The van der Waals surface area contributed by atoms with Crippen molar-refractivity contribution in [2.45, 2.75) is 12.6 Å². The Balaban J connectivity index is 1.86. The third kappa shape index (κ3) is 2.54. The van der Waals surface area contributed by atoms with Crippen LogP contribution in [0, 0.1) is 0 Å². The van der Waals surface area contributed by atoms with Crippen LogP contribution < -0.4 is 5.73 Å². The smallest absolute Gasteiger partial charge is 0.0824 e. The van der Waals surface area contributed by atoms with Crippen LogP contribution in [0.2, 0.25) is 0 Å². The van der Waals surface area contributed by atoms with Crippen molar-refractivity contribution >= 4 is 11.3 Å². The Morgan fingerprint density at radius 2 is 2.57 bits per heavy atom. The van der Waals surface area contributed by atoms with E-state index in [1.54, 1.807) is 0 Å². The zero-order valence-electron chi connectivity index (χ0n) is 8.19. The highest BCUT2D eigenvalue weighted by molar-refractivity contribution is 7.09. The van der Waals surface area contributed by atoms with Gasteiger partial charge in [-0.1, -0.05) is 6.07 Å². The highest BCUT2D eigenvalue weighted by Gasteiger charge is 2.19. The lowest BCUT2D eigenvalue weighted by atomic mass is 10.2. The van der Waals surface area contributed by atoms with Crippen LogP contribution in [0.3, 0.4) is 0 Å². The van der Waals surface area contributed by atoms with E-state index in [4.69, 9.17) is 10.5 Å². The van der Waals surface area contributed by atoms with E-state index in [1.165, 1.54) is 4.88 Å². The summed E-state index contributed by atoms with van der Waals surface area (Å²) in [7, 11) is 0. The average molecular weight is 212 g/mol. The third-order valence-corrected chi connectivity index (χ3v) is 3.31. The molecule has 1 aliphatic rings. The molecule has 0 bridgehead atoms. The van der Waals surface area contributed by atoms with Gasteiger partial charge in [0.2, 0.25) is 0 Å². The molecule has 2 N–H and O–H groups in total. The Kier molecular flexibility index (Phi) is 3.53. The maximum absolute atomic E-state index is 5.59. The number of hydrogen-bond acceptors (Lipinski definition) is 4. The van der Waals surface area contributed by atoms with E-state index in [-0.39, 0.29) is 6.10 Å². The van der Waals surface area contributed by atoms with Crippen molar-refractivity contribution in [2.24, 2.45) is 5.73 Å². The molecule has 1 aliphatic heterocycles. The molecule has 0 saturated carbocycles. The average Bonchev–Trinajstić information content (AvgIpc) is 2.71. The van der Waals surface area contributed by atoms with Crippen LogP contribution in [-0.4, -0.2) is 37.2 Å². The van der Waals surface area contributed by atoms with Crippen molar-refractivity contribution in [3.8, 4) is 0 Å². The summed E-state index contributed by atoms with van der Waals surface area (Å²) in [5.74, 6) is 0. The van der Waals surface area contributed by atoms with E-state index in [9.17, 15) is 0 Å². The predicted molar refractivity (Wildman–Crippen MR) is 58.4 cm³/mol. The molecule has 3 nitrogen and oxygen atoms in total. The molecule has 78 valence electrons. The minimum absolute atomic E-state index is 0.226. The van der Waals surface area contributed by atoms with Gasteiger partial charge >= 0.3 is 0 Å². The lowest BCUT2D eigenvalue weighted by Crippen LogP contribution is -2.44. The molecule has 1 aromatic heterocycles. The molecule has 4 heteroatoms. The minimum Gasteiger partial charge on any atom is -0.374 e. The van der Waals surface area contributed by atoms with Gasteiger partial charge in [0.15, 0.2) is 0 Å².